The fourth-order valence-electron chi connectivity index (χ4n) is 0.277. The molecule has 0 atom stereocenters. The maximum Gasteiger partial charge on any atom is 0.0909 e. The molecule has 0 saturated carbocycles. The van der Waals surface area contributed by atoms with Gasteiger partial charge in [0, 0.05) is 19.1 Å². The lowest BCUT2D eigenvalue weighted by atomic mass is 11.9. The second-order valence-corrected chi connectivity index (χ2v) is 13.1. The Morgan fingerprint density at radius 2 is 1.00 bits per heavy atom. The van der Waals surface area contributed by atoms with Gasteiger partial charge in [0.05, 0.1) is 13.3 Å². The summed E-state index contributed by atoms with van der Waals surface area (Å²) in [6.45, 7) is -1.87. The Morgan fingerprint density at radius 3 is 1.20 bits per heavy atom. The molecule has 0 spiro atoms. The molecule has 0 amide bonds. The average molecular weight is 298 g/mol. The van der Waals surface area contributed by atoms with E-state index >= 15 is 0 Å². The topological polar surface area (TPSA) is 0 Å². The van der Waals surface area contributed by atoms with E-state index in [2.05, 4.69) is 0 Å². The van der Waals surface area contributed by atoms with E-state index < -0.39 is 20.5 Å². The van der Waals surface area contributed by atoms with Crippen molar-refractivity contribution in [2.75, 3.05) is 11.8 Å². The van der Waals surface area contributed by atoms with Crippen molar-refractivity contribution < 1.29 is 0 Å². The molecule has 0 unspecified atom stereocenters. The molecule has 0 fully saturated rings. The summed E-state index contributed by atoms with van der Waals surface area (Å²) in [5.74, 6) is 1.32. The zero-order valence-electron chi connectivity index (χ0n) is 4.65. The number of rotatable bonds is 4. The molecule has 10 heavy (non-hydrogen) atoms. The van der Waals surface area contributed by atoms with E-state index in [9.17, 15) is 0 Å². The summed E-state index contributed by atoms with van der Waals surface area (Å²) in [5.41, 5.74) is 0. The van der Waals surface area contributed by atoms with Crippen LogP contribution in [-0.4, -0.2) is 11.8 Å². The lowest BCUT2D eigenvalue weighted by Gasteiger charge is -2.08. The summed E-state index contributed by atoms with van der Waals surface area (Å²) < 4.78 is 0. The van der Waals surface area contributed by atoms with Crippen LogP contribution < -0.4 is 0 Å². The molecular formula is C2H4Cl5P3. The molecule has 0 aliphatic heterocycles. The lowest BCUT2D eigenvalue weighted by molar-refractivity contribution is 2.08. The summed E-state index contributed by atoms with van der Waals surface area (Å²) in [6.07, 6.45) is 0. The van der Waals surface area contributed by atoms with E-state index in [1.807, 2.05) is 0 Å². The molecule has 0 aliphatic carbocycles. The van der Waals surface area contributed by atoms with Crippen LogP contribution in [0.1, 0.15) is 0 Å². The first-order valence-corrected chi connectivity index (χ1v) is 11.4. The minimum Gasteiger partial charge on any atom is -0.0955 e. The molecule has 0 rings (SSSR count). The SMILES string of the molecule is ClP(Cl)CP(Cl)CP(Cl)Cl. The van der Waals surface area contributed by atoms with Crippen LogP contribution >= 0.6 is 76.7 Å². The third-order valence-electron chi connectivity index (χ3n) is 0.521. The van der Waals surface area contributed by atoms with Crippen molar-refractivity contribution in [3.63, 3.8) is 0 Å². The number of halogens is 5. The Labute approximate surface area is 88.1 Å². The van der Waals surface area contributed by atoms with Crippen LogP contribution in [0, 0.1) is 0 Å². The fraction of sp³-hybridized carbons (Fsp3) is 1.00. The predicted molar refractivity (Wildman–Crippen MR) is 59.8 cm³/mol. The molecular weight excluding hydrogens is 294 g/mol. The second kappa shape index (κ2) is 7.17. The second-order valence-electron chi connectivity index (χ2n) is 1.35. The molecule has 0 aromatic heterocycles. The monoisotopic (exact) mass is 296 g/mol. The van der Waals surface area contributed by atoms with Gasteiger partial charge in [-0.1, -0.05) is 56.2 Å². The molecule has 0 heterocycles. The van der Waals surface area contributed by atoms with Gasteiger partial charge in [-0.15, -0.1) is 0 Å². The zero-order chi connectivity index (χ0) is 8.15. The smallest absolute Gasteiger partial charge is 0.0909 e. The molecule has 0 saturated heterocycles. The molecule has 0 aromatic carbocycles. The molecule has 0 bridgehead atoms. The van der Waals surface area contributed by atoms with Gasteiger partial charge in [0.2, 0.25) is 0 Å². The highest BCUT2D eigenvalue weighted by Crippen LogP contribution is 2.66. The summed E-state index contributed by atoms with van der Waals surface area (Å²) in [6, 6.07) is 0. The maximum atomic E-state index is 5.83. The van der Waals surface area contributed by atoms with Crippen LogP contribution in [0.4, 0.5) is 0 Å². The molecule has 62 valence electrons. The Hall–Kier alpha value is 2.74. The van der Waals surface area contributed by atoms with Crippen molar-refractivity contribution >= 4 is 76.7 Å². The molecule has 0 radical (unpaired) electrons. The van der Waals surface area contributed by atoms with Crippen molar-refractivity contribution in [1.82, 2.24) is 0 Å². The first-order chi connectivity index (χ1) is 4.52. The highest BCUT2D eigenvalue weighted by molar-refractivity contribution is 8.15. The van der Waals surface area contributed by atoms with E-state index in [1.54, 1.807) is 0 Å². The van der Waals surface area contributed by atoms with Gasteiger partial charge in [0.1, 0.15) is 0 Å². The van der Waals surface area contributed by atoms with E-state index in [-0.39, 0.29) is 0 Å². The van der Waals surface area contributed by atoms with Crippen molar-refractivity contribution in [3.8, 4) is 0 Å². The summed E-state index contributed by atoms with van der Waals surface area (Å²) in [7, 11) is -0.657. The van der Waals surface area contributed by atoms with Crippen LogP contribution in [0.15, 0.2) is 0 Å². The van der Waals surface area contributed by atoms with Crippen LogP contribution in [0.25, 0.3) is 0 Å². The molecule has 0 aliphatic rings. The first-order valence-electron chi connectivity index (χ1n) is 2.11. The predicted octanol–water partition coefficient (Wildman–Crippen LogP) is 6.12. The zero-order valence-corrected chi connectivity index (χ0v) is 11.1. The van der Waals surface area contributed by atoms with E-state index in [1.165, 1.54) is 0 Å². The third kappa shape index (κ3) is 8.83. The Kier molecular flexibility index (Phi) is 9.14. The average Bonchev–Trinajstić information content (AvgIpc) is 1.58. The fourth-order valence-corrected chi connectivity index (χ4v) is 11.8. The van der Waals surface area contributed by atoms with Gasteiger partial charge < -0.3 is 0 Å². The van der Waals surface area contributed by atoms with Gasteiger partial charge in [-0.25, -0.2) is 0 Å². The third-order valence-corrected chi connectivity index (χ3v) is 10.5. The van der Waals surface area contributed by atoms with Gasteiger partial charge in [-0.05, 0) is 0 Å². The van der Waals surface area contributed by atoms with E-state index in [0.29, 0.717) is 11.8 Å². The van der Waals surface area contributed by atoms with Gasteiger partial charge >= 0.3 is 0 Å². The number of hydrogen-bond donors (Lipinski definition) is 0. The Bertz CT molecular complexity index is 77.0. The Balaban J connectivity index is 3.34. The van der Waals surface area contributed by atoms with Crippen LogP contribution in [-0.2, 0) is 0 Å². The number of hydrogen-bond acceptors (Lipinski definition) is 0. The van der Waals surface area contributed by atoms with Crippen molar-refractivity contribution in [2.24, 2.45) is 0 Å². The molecule has 0 N–H and O–H groups in total. The largest absolute Gasteiger partial charge is 0.0955 e. The maximum absolute atomic E-state index is 5.83. The normalized spacial score (nSPS) is 12.0. The van der Waals surface area contributed by atoms with Gasteiger partial charge in [0.15, 0.2) is 0 Å². The van der Waals surface area contributed by atoms with Gasteiger partial charge in [-0.3, -0.25) is 0 Å². The minimum atomic E-state index is -0.936. The van der Waals surface area contributed by atoms with Gasteiger partial charge in [0.25, 0.3) is 0 Å². The van der Waals surface area contributed by atoms with Gasteiger partial charge in [-0.2, -0.15) is 0 Å². The van der Waals surface area contributed by atoms with Crippen molar-refractivity contribution in [1.29, 1.82) is 0 Å². The summed E-state index contributed by atoms with van der Waals surface area (Å²) >= 11 is 28.0. The Morgan fingerprint density at radius 1 is 0.700 bits per heavy atom. The van der Waals surface area contributed by atoms with Crippen molar-refractivity contribution in [2.45, 2.75) is 0 Å². The first kappa shape index (κ1) is 12.7. The minimum absolute atomic E-state index is 0.657. The highest BCUT2D eigenvalue weighted by atomic mass is 35.9. The highest BCUT2D eigenvalue weighted by Gasteiger charge is 2.13. The molecule has 0 nitrogen and oxygen atoms in total. The van der Waals surface area contributed by atoms with E-state index in [0.717, 1.165) is 0 Å². The molecule has 0 aromatic rings. The molecule has 8 heteroatoms. The standard InChI is InChI=1S/C2H4Cl5P3/c3-8(1-9(4)5)2-10(6)7/h1-2H2. The van der Waals surface area contributed by atoms with Crippen LogP contribution in [0.5, 0.6) is 0 Å². The van der Waals surface area contributed by atoms with Crippen molar-refractivity contribution in [3.05, 3.63) is 0 Å². The summed E-state index contributed by atoms with van der Waals surface area (Å²) in [5, 5.41) is 0. The van der Waals surface area contributed by atoms with E-state index in [4.69, 9.17) is 56.2 Å². The lowest BCUT2D eigenvalue weighted by Crippen LogP contribution is -1.71. The van der Waals surface area contributed by atoms with Crippen LogP contribution in [0.3, 0.4) is 0 Å². The quantitative estimate of drug-likeness (QED) is 0.549. The summed E-state index contributed by atoms with van der Waals surface area (Å²) in [4.78, 5) is 0. The van der Waals surface area contributed by atoms with Crippen LogP contribution in [0.2, 0.25) is 0 Å².